The first-order valence-corrected chi connectivity index (χ1v) is 6.40. The van der Waals surface area contributed by atoms with E-state index in [1.54, 1.807) is 0 Å². The van der Waals surface area contributed by atoms with Crippen LogP contribution in [0.5, 0.6) is 0 Å². The fourth-order valence-corrected chi connectivity index (χ4v) is 1.77. The molecular weight excluding hydrogens is 208 g/mol. The molecule has 1 aromatic carbocycles. The molecular formula is C16H22O. The molecule has 0 aliphatic rings. The number of aliphatic hydroxyl groups is 1. The SMILES string of the molecule is CCCCCC(O)C#Cc1ccc(C)cc1C. The molecule has 0 aliphatic carbocycles. The molecule has 1 N–H and O–H groups in total. The molecule has 92 valence electrons. The number of aryl methyl sites for hydroxylation is 2. The van der Waals surface area contributed by atoms with Crippen molar-refractivity contribution in [1.82, 2.24) is 0 Å². The van der Waals surface area contributed by atoms with E-state index in [4.69, 9.17) is 0 Å². The van der Waals surface area contributed by atoms with E-state index in [1.165, 1.54) is 24.0 Å². The second-order valence-electron chi connectivity index (χ2n) is 4.60. The van der Waals surface area contributed by atoms with Crippen molar-refractivity contribution in [3.8, 4) is 11.8 Å². The van der Waals surface area contributed by atoms with Gasteiger partial charge in [0, 0.05) is 5.56 Å². The van der Waals surface area contributed by atoms with Gasteiger partial charge >= 0.3 is 0 Å². The number of aliphatic hydroxyl groups excluding tert-OH is 1. The second-order valence-corrected chi connectivity index (χ2v) is 4.60. The Morgan fingerprint density at radius 3 is 2.65 bits per heavy atom. The van der Waals surface area contributed by atoms with Crippen LogP contribution >= 0.6 is 0 Å². The minimum atomic E-state index is -0.484. The molecule has 1 heteroatoms. The zero-order chi connectivity index (χ0) is 12.7. The van der Waals surface area contributed by atoms with Crippen molar-refractivity contribution in [3.63, 3.8) is 0 Å². The molecule has 1 unspecified atom stereocenters. The predicted octanol–water partition coefficient (Wildman–Crippen LogP) is 3.60. The highest BCUT2D eigenvalue weighted by Gasteiger charge is 1.99. The lowest BCUT2D eigenvalue weighted by atomic mass is 10.1. The van der Waals surface area contributed by atoms with Crippen LogP contribution in [0, 0.1) is 25.7 Å². The molecule has 0 spiro atoms. The average Bonchev–Trinajstić information content (AvgIpc) is 2.28. The highest BCUT2D eigenvalue weighted by molar-refractivity contribution is 5.42. The van der Waals surface area contributed by atoms with Gasteiger partial charge in [-0.2, -0.15) is 0 Å². The molecule has 0 amide bonds. The lowest BCUT2D eigenvalue weighted by Gasteiger charge is -2.02. The van der Waals surface area contributed by atoms with Crippen molar-refractivity contribution < 1.29 is 5.11 Å². The summed E-state index contributed by atoms with van der Waals surface area (Å²) in [5, 5.41) is 9.71. The van der Waals surface area contributed by atoms with E-state index in [0.29, 0.717) is 0 Å². The minimum absolute atomic E-state index is 0.484. The first-order chi connectivity index (χ1) is 8.13. The Labute approximate surface area is 105 Å². The molecule has 17 heavy (non-hydrogen) atoms. The van der Waals surface area contributed by atoms with Crippen molar-refractivity contribution in [2.75, 3.05) is 0 Å². The van der Waals surface area contributed by atoms with Crippen molar-refractivity contribution in [1.29, 1.82) is 0 Å². The van der Waals surface area contributed by atoms with Crippen LogP contribution in [0.4, 0.5) is 0 Å². The van der Waals surface area contributed by atoms with E-state index in [-0.39, 0.29) is 0 Å². The van der Waals surface area contributed by atoms with Crippen LogP contribution in [0.25, 0.3) is 0 Å². The maximum absolute atomic E-state index is 9.71. The summed E-state index contributed by atoms with van der Waals surface area (Å²) in [5.74, 6) is 5.99. The maximum atomic E-state index is 9.71. The van der Waals surface area contributed by atoms with E-state index in [0.717, 1.165) is 18.4 Å². The summed E-state index contributed by atoms with van der Waals surface area (Å²) in [6, 6.07) is 6.20. The van der Waals surface area contributed by atoms with Gasteiger partial charge in [-0.1, -0.05) is 49.3 Å². The monoisotopic (exact) mass is 230 g/mol. The summed E-state index contributed by atoms with van der Waals surface area (Å²) in [7, 11) is 0. The topological polar surface area (TPSA) is 20.2 Å². The van der Waals surface area contributed by atoms with Gasteiger partial charge in [0.1, 0.15) is 6.10 Å². The summed E-state index contributed by atoms with van der Waals surface area (Å²) in [6.45, 7) is 6.29. The molecule has 1 nitrogen and oxygen atoms in total. The Morgan fingerprint density at radius 1 is 1.24 bits per heavy atom. The Hall–Kier alpha value is -1.26. The van der Waals surface area contributed by atoms with Gasteiger partial charge in [0.25, 0.3) is 0 Å². The third-order valence-electron chi connectivity index (χ3n) is 2.84. The minimum Gasteiger partial charge on any atom is -0.380 e. The van der Waals surface area contributed by atoms with Gasteiger partial charge in [-0.3, -0.25) is 0 Å². The van der Waals surface area contributed by atoms with Crippen molar-refractivity contribution >= 4 is 0 Å². The molecule has 0 radical (unpaired) electrons. The number of hydrogen-bond acceptors (Lipinski definition) is 1. The van der Waals surface area contributed by atoms with Crippen LogP contribution in [0.2, 0.25) is 0 Å². The van der Waals surface area contributed by atoms with Crippen LogP contribution in [0.1, 0.15) is 49.3 Å². The summed E-state index contributed by atoms with van der Waals surface area (Å²) in [6.07, 6.45) is 3.70. The molecule has 0 bridgehead atoms. The van der Waals surface area contributed by atoms with Crippen molar-refractivity contribution in [2.45, 2.75) is 52.6 Å². The first-order valence-electron chi connectivity index (χ1n) is 6.40. The quantitative estimate of drug-likeness (QED) is 0.619. The van der Waals surface area contributed by atoms with Gasteiger partial charge in [0.05, 0.1) is 0 Å². The second kappa shape index (κ2) is 7.14. The van der Waals surface area contributed by atoms with Crippen LogP contribution in [0.15, 0.2) is 18.2 Å². The highest BCUT2D eigenvalue weighted by atomic mass is 16.3. The van der Waals surface area contributed by atoms with Gasteiger partial charge in [-0.05, 0) is 38.3 Å². The Morgan fingerprint density at radius 2 is 2.00 bits per heavy atom. The average molecular weight is 230 g/mol. The van der Waals surface area contributed by atoms with Gasteiger partial charge < -0.3 is 5.11 Å². The lowest BCUT2D eigenvalue weighted by molar-refractivity contribution is 0.217. The molecule has 0 saturated carbocycles. The molecule has 1 aromatic rings. The molecule has 0 saturated heterocycles. The third kappa shape index (κ3) is 5.06. The number of unbranched alkanes of at least 4 members (excludes halogenated alkanes) is 2. The summed E-state index contributed by atoms with van der Waals surface area (Å²) < 4.78 is 0. The van der Waals surface area contributed by atoms with Crippen molar-refractivity contribution in [3.05, 3.63) is 34.9 Å². The largest absolute Gasteiger partial charge is 0.380 e. The van der Waals surface area contributed by atoms with E-state index >= 15 is 0 Å². The van der Waals surface area contributed by atoms with Gasteiger partial charge in [-0.25, -0.2) is 0 Å². The Bertz CT molecular complexity index is 409. The van der Waals surface area contributed by atoms with Crippen LogP contribution < -0.4 is 0 Å². The van der Waals surface area contributed by atoms with Crippen LogP contribution in [0.3, 0.4) is 0 Å². The molecule has 0 heterocycles. The number of hydrogen-bond donors (Lipinski definition) is 1. The summed E-state index contributed by atoms with van der Waals surface area (Å²) in [4.78, 5) is 0. The third-order valence-corrected chi connectivity index (χ3v) is 2.84. The standard InChI is InChI=1S/C16H22O/c1-4-5-6-7-16(17)11-10-15-9-8-13(2)12-14(15)3/h8-9,12,16-17H,4-7H2,1-3H3. The lowest BCUT2D eigenvalue weighted by Crippen LogP contribution is -2.02. The van der Waals surface area contributed by atoms with Gasteiger partial charge in [0.15, 0.2) is 0 Å². The number of rotatable bonds is 4. The van der Waals surface area contributed by atoms with E-state index in [9.17, 15) is 5.11 Å². The van der Waals surface area contributed by atoms with E-state index in [2.05, 4.69) is 44.7 Å². The fourth-order valence-electron chi connectivity index (χ4n) is 1.77. The highest BCUT2D eigenvalue weighted by Crippen LogP contribution is 2.09. The smallest absolute Gasteiger partial charge is 0.115 e. The molecule has 1 rings (SSSR count). The summed E-state index contributed by atoms with van der Waals surface area (Å²) >= 11 is 0. The molecule has 1 atom stereocenters. The predicted molar refractivity (Wildman–Crippen MR) is 72.9 cm³/mol. The molecule has 0 aromatic heterocycles. The summed E-state index contributed by atoms with van der Waals surface area (Å²) in [5.41, 5.74) is 3.44. The molecule has 0 aliphatic heterocycles. The zero-order valence-corrected chi connectivity index (χ0v) is 11.1. The van der Waals surface area contributed by atoms with Crippen LogP contribution in [-0.4, -0.2) is 11.2 Å². The Kier molecular flexibility index (Phi) is 5.80. The number of benzene rings is 1. The molecule has 0 fully saturated rings. The van der Waals surface area contributed by atoms with Gasteiger partial charge in [0.2, 0.25) is 0 Å². The first kappa shape index (κ1) is 13.8. The van der Waals surface area contributed by atoms with Crippen molar-refractivity contribution in [2.24, 2.45) is 0 Å². The fraction of sp³-hybridized carbons (Fsp3) is 0.500. The van der Waals surface area contributed by atoms with E-state index in [1.807, 2.05) is 6.07 Å². The zero-order valence-electron chi connectivity index (χ0n) is 11.1. The Balaban J connectivity index is 2.58. The normalized spacial score (nSPS) is 11.8. The van der Waals surface area contributed by atoms with Crippen LogP contribution in [-0.2, 0) is 0 Å². The maximum Gasteiger partial charge on any atom is 0.115 e. The van der Waals surface area contributed by atoms with E-state index < -0.39 is 6.10 Å². The van der Waals surface area contributed by atoms with Gasteiger partial charge in [-0.15, -0.1) is 0 Å².